The van der Waals surface area contributed by atoms with Crippen LogP contribution < -0.4 is 0 Å². The molecular weight excluding hydrogens is 318 g/mol. The zero-order valence-corrected chi connectivity index (χ0v) is 16.9. The van der Waals surface area contributed by atoms with Crippen LogP contribution in [0.25, 0.3) is 0 Å². The van der Waals surface area contributed by atoms with Gasteiger partial charge in [0.05, 0.1) is 25.2 Å². The van der Waals surface area contributed by atoms with Gasteiger partial charge in [0.25, 0.3) is 0 Å². The molecule has 1 amide bonds. The first-order chi connectivity index (χ1) is 11.1. The van der Waals surface area contributed by atoms with Gasteiger partial charge in [0.15, 0.2) is 8.32 Å². The second kappa shape index (κ2) is 6.11. The van der Waals surface area contributed by atoms with Gasteiger partial charge in [-0.1, -0.05) is 32.9 Å². The van der Waals surface area contributed by atoms with E-state index in [-0.39, 0.29) is 23.0 Å². The fourth-order valence-electron chi connectivity index (χ4n) is 3.68. The van der Waals surface area contributed by atoms with Crippen molar-refractivity contribution >= 4 is 14.2 Å². The minimum Gasteiger partial charge on any atom is -0.413 e. The Balaban J connectivity index is 1.67. The van der Waals surface area contributed by atoms with Gasteiger partial charge in [-0.05, 0) is 42.6 Å². The summed E-state index contributed by atoms with van der Waals surface area (Å²) < 4.78 is 11.9. The molecule has 1 unspecified atom stereocenters. The largest absolute Gasteiger partial charge is 0.413 e. The lowest BCUT2D eigenvalue weighted by molar-refractivity contribution is -0.162. The number of nitrogens with zero attached hydrogens (tertiary/aromatic N) is 1. The normalized spacial score (nSPS) is 28.9. The second-order valence-electron chi connectivity index (χ2n) is 8.85. The van der Waals surface area contributed by atoms with Gasteiger partial charge in [-0.3, -0.25) is 4.79 Å². The van der Waals surface area contributed by atoms with Crippen LogP contribution in [-0.2, 0) is 14.0 Å². The summed E-state index contributed by atoms with van der Waals surface area (Å²) >= 11 is 0. The lowest BCUT2D eigenvalue weighted by Crippen LogP contribution is -2.66. The van der Waals surface area contributed by atoms with E-state index in [2.05, 4.69) is 52.9 Å². The standard InChI is InChI=1S/C19H31NO3Si/c1-13(23-24(5,6)19(2,3)4)17-16-8-7-14(11-20(16)18(17)21)15-9-10-22-12-15/h7,9,13,16-17H,8,10-12H2,1-6H3/t13?,16-,17-/m1/s1. The van der Waals surface area contributed by atoms with E-state index in [1.165, 1.54) is 11.1 Å². The Labute approximate surface area is 147 Å². The number of rotatable bonds is 4. The van der Waals surface area contributed by atoms with Crippen molar-refractivity contribution in [3.05, 3.63) is 23.3 Å². The molecule has 134 valence electrons. The summed E-state index contributed by atoms with van der Waals surface area (Å²) in [6.45, 7) is 15.5. The van der Waals surface area contributed by atoms with Crippen molar-refractivity contribution in [1.82, 2.24) is 4.90 Å². The van der Waals surface area contributed by atoms with E-state index >= 15 is 0 Å². The topological polar surface area (TPSA) is 38.8 Å². The zero-order chi connectivity index (χ0) is 17.7. The van der Waals surface area contributed by atoms with Gasteiger partial charge < -0.3 is 14.1 Å². The quantitative estimate of drug-likeness (QED) is 0.576. The van der Waals surface area contributed by atoms with E-state index in [1.807, 2.05) is 4.90 Å². The predicted octanol–water partition coefficient (Wildman–Crippen LogP) is 3.51. The van der Waals surface area contributed by atoms with Crippen molar-refractivity contribution in [1.29, 1.82) is 0 Å². The molecule has 0 N–H and O–H groups in total. The molecule has 0 aromatic carbocycles. The highest BCUT2D eigenvalue weighted by atomic mass is 28.4. The molecule has 0 aromatic rings. The second-order valence-corrected chi connectivity index (χ2v) is 13.6. The molecule has 0 radical (unpaired) electrons. The average molecular weight is 350 g/mol. The van der Waals surface area contributed by atoms with E-state index in [1.54, 1.807) is 0 Å². The van der Waals surface area contributed by atoms with Gasteiger partial charge in [-0.25, -0.2) is 0 Å². The Hall–Kier alpha value is -0.913. The van der Waals surface area contributed by atoms with Crippen molar-refractivity contribution in [2.45, 2.75) is 64.4 Å². The Bertz CT molecular complexity index is 588. The Morgan fingerprint density at radius 2 is 2.00 bits per heavy atom. The van der Waals surface area contributed by atoms with Crippen LogP contribution in [-0.4, -0.2) is 51.0 Å². The Morgan fingerprint density at radius 1 is 1.29 bits per heavy atom. The minimum atomic E-state index is -1.85. The van der Waals surface area contributed by atoms with Crippen molar-refractivity contribution in [3.63, 3.8) is 0 Å². The van der Waals surface area contributed by atoms with Crippen molar-refractivity contribution in [3.8, 4) is 0 Å². The first kappa shape index (κ1) is 17.9. The number of carbonyl (C=O) groups is 1. The van der Waals surface area contributed by atoms with Crippen molar-refractivity contribution < 1.29 is 14.0 Å². The van der Waals surface area contributed by atoms with Crippen molar-refractivity contribution in [2.24, 2.45) is 5.92 Å². The zero-order valence-electron chi connectivity index (χ0n) is 15.9. The van der Waals surface area contributed by atoms with E-state index in [0.717, 1.165) is 13.0 Å². The highest BCUT2D eigenvalue weighted by molar-refractivity contribution is 6.74. The molecule has 3 heterocycles. The molecule has 1 fully saturated rings. The van der Waals surface area contributed by atoms with E-state index < -0.39 is 8.32 Å². The van der Waals surface area contributed by atoms with Crippen LogP contribution >= 0.6 is 0 Å². The smallest absolute Gasteiger partial charge is 0.230 e. The van der Waals surface area contributed by atoms with Gasteiger partial charge in [0.1, 0.15) is 0 Å². The fourth-order valence-corrected chi connectivity index (χ4v) is 5.11. The first-order valence-corrected chi connectivity index (χ1v) is 12.0. The third-order valence-electron chi connectivity index (χ3n) is 6.24. The van der Waals surface area contributed by atoms with Crippen LogP contribution in [0.3, 0.4) is 0 Å². The number of carbonyl (C=O) groups excluding carboxylic acids is 1. The van der Waals surface area contributed by atoms with Crippen LogP contribution in [0.15, 0.2) is 23.3 Å². The number of ether oxygens (including phenoxy) is 1. The summed E-state index contributed by atoms with van der Waals surface area (Å²) in [7, 11) is -1.85. The lowest BCUT2D eigenvalue weighted by atomic mass is 9.78. The lowest BCUT2D eigenvalue weighted by Gasteiger charge is -2.53. The number of fused-ring (bicyclic) bond motifs is 1. The van der Waals surface area contributed by atoms with E-state index in [9.17, 15) is 4.79 Å². The molecule has 3 rings (SSSR count). The summed E-state index contributed by atoms with van der Waals surface area (Å²) in [6.07, 6.45) is 5.38. The molecule has 24 heavy (non-hydrogen) atoms. The van der Waals surface area contributed by atoms with Gasteiger partial charge in [-0.15, -0.1) is 0 Å². The number of hydrogen-bond donors (Lipinski definition) is 0. The van der Waals surface area contributed by atoms with Crippen LogP contribution in [0.2, 0.25) is 18.1 Å². The maximum Gasteiger partial charge on any atom is 0.230 e. The highest BCUT2D eigenvalue weighted by Crippen LogP contribution is 2.42. The SMILES string of the molecule is CC(O[Si](C)(C)C(C)(C)C)[C@H]1C(=O)N2CC(C3=CCOC3)=CC[C@H]12. The molecule has 3 atom stereocenters. The molecule has 4 nitrogen and oxygen atoms in total. The summed E-state index contributed by atoms with van der Waals surface area (Å²) in [5.41, 5.74) is 2.53. The molecule has 5 heteroatoms. The highest BCUT2D eigenvalue weighted by Gasteiger charge is 2.52. The van der Waals surface area contributed by atoms with E-state index in [4.69, 9.17) is 9.16 Å². The number of β-lactam (4-membered cyclic amide) rings is 1. The summed E-state index contributed by atoms with van der Waals surface area (Å²) in [5.74, 6) is 0.280. The van der Waals surface area contributed by atoms with Crippen LogP contribution in [0.4, 0.5) is 0 Å². The molecule has 3 aliphatic heterocycles. The molecule has 3 aliphatic rings. The predicted molar refractivity (Wildman–Crippen MR) is 98.3 cm³/mol. The third kappa shape index (κ3) is 3.02. The molecule has 0 bridgehead atoms. The molecule has 0 saturated carbocycles. The van der Waals surface area contributed by atoms with Gasteiger partial charge >= 0.3 is 0 Å². The van der Waals surface area contributed by atoms with Crippen LogP contribution in [0.1, 0.15) is 34.1 Å². The fraction of sp³-hybridized carbons (Fsp3) is 0.737. The van der Waals surface area contributed by atoms with Crippen LogP contribution in [0.5, 0.6) is 0 Å². The Morgan fingerprint density at radius 3 is 2.58 bits per heavy atom. The van der Waals surface area contributed by atoms with Crippen molar-refractivity contribution in [2.75, 3.05) is 19.8 Å². The monoisotopic (exact) mass is 349 g/mol. The molecule has 1 saturated heterocycles. The molecule has 0 spiro atoms. The van der Waals surface area contributed by atoms with Gasteiger partial charge in [0.2, 0.25) is 5.91 Å². The maximum atomic E-state index is 12.7. The average Bonchev–Trinajstić information content (AvgIpc) is 2.99. The Kier molecular flexibility index (Phi) is 4.56. The molecule has 0 aliphatic carbocycles. The maximum absolute atomic E-state index is 12.7. The summed E-state index contributed by atoms with van der Waals surface area (Å²) in [6, 6.07) is 0.309. The number of amides is 1. The summed E-state index contributed by atoms with van der Waals surface area (Å²) in [4.78, 5) is 14.7. The van der Waals surface area contributed by atoms with Gasteiger partial charge in [0, 0.05) is 12.6 Å². The third-order valence-corrected chi connectivity index (χ3v) is 10.8. The summed E-state index contributed by atoms with van der Waals surface area (Å²) in [5, 5.41) is 0.169. The molecule has 0 aromatic heterocycles. The minimum absolute atomic E-state index is 0.00335. The number of hydrogen-bond acceptors (Lipinski definition) is 3. The van der Waals surface area contributed by atoms with E-state index in [0.29, 0.717) is 19.3 Å². The first-order valence-electron chi connectivity index (χ1n) is 9.06. The van der Waals surface area contributed by atoms with Crippen LogP contribution in [0, 0.1) is 5.92 Å². The van der Waals surface area contributed by atoms with Gasteiger partial charge in [-0.2, -0.15) is 0 Å². The molecular formula is C19H31NO3Si.